The van der Waals surface area contributed by atoms with Crippen molar-refractivity contribution in [2.75, 3.05) is 18.0 Å². The topological polar surface area (TPSA) is 84.4 Å². The summed E-state index contributed by atoms with van der Waals surface area (Å²) < 4.78 is 0. The highest BCUT2D eigenvalue weighted by molar-refractivity contribution is 6.01. The number of carbonyl (C=O) groups excluding carboxylic acids is 2. The second-order valence-electron chi connectivity index (χ2n) is 9.40. The van der Waals surface area contributed by atoms with Gasteiger partial charge in [0, 0.05) is 19.1 Å². The van der Waals surface area contributed by atoms with E-state index in [9.17, 15) is 19.5 Å². The minimum absolute atomic E-state index is 0.0844. The molecule has 2 aromatic carbocycles. The van der Waals surface area contributed by atoms with Gasteiger partial charge in [-0.2, -0.15) is 0 Å². The number of fused-ring (bicyclic) bond motifs is 2. The normalized spacial score (nSPS) is 26.0. The Morgan fingerprint density at radius 3 is 2.03 bits per heavy atom. The number of anilines is 2. The molecule has 4 amide bonds. The van der Waals surface area contributed by atoms with E-state index in [-0.39, 0.29) is 30.7 Å². The molecule has 0 aliphatic carbocycles. The Morgan fingerprint density at radius 2 is 1.50 bits per heavy atom. The Hall–Kier alpha value is -3.55. The molecule has 0 unspecified atom stereocenters. The summed E-state index contributed by atoms with van der Waals surface area (Å²) >= 11 is 0. The van der Waals surface area contributed by atoms with Crippen LogP contribution in [-0.2, 0) is 4.79 Å². The maximum atomic E-state index is 14.0. The number of rotatable bonds is 3. The van der Waals surface area contributed by atoms with Crippen molar-refractivity contribution < 1.29 is 19.5 Å². The lowest BCUT2D eigenvalue weighted by Gasteiger charge is -2.47. The van der Waals surface area contributed by atoms with Gasteiger partial charge in [-0.25, -0.2) is 14.4 Å². The molecule has 34 heavy (non-hydrogen) atoms. The number of amides is 4. The van der Waals surface area contributed by atoms with Crippen LogP contribution in [0.1, 0.15) is 32.6 Å². The summed E-state index contributed by atoms with van der Waals surface area (Å²) in [6.45, 7) is 2.95. The van der Waals surface area contributed by atoms with Crippen molar-refractivity contribution in [1.29, 1.82) is 0 Å². The first-order valence-electron chi connectivity index (χ1n) is 12.0. The smallest absolute Gasteiger partial charge is 0.329 e. The standard InChI is InChI=1S/C26H30N4O4/c1-18-9-8-16-27(18)25(33)30-21-14-15-22(30)23(24(31)32)28(17-21)26(34)29(19-10-4-2-5-11-19)20-12-6-3-7-13-20/h2-7,10-13,18,21-23H,8-9,14-17H2,1H3,(H,31,32)/t18-,21+,22-,23+/m1/s1. The van der Waals surface area contributed by atoms with Gasteiger partial charge >= 0.3 is 18.0 Å². The zero-order valence-corrected chi connectivity index (χ0v) is 19.3. The molecular weight excluding hydrogens is 432 g/mol. The van der Waals surface area contributed by atoms with Gasteiger partial charge in [0.25, 0.3) is 0 Å². The molecule has 178 valence electrons. The van der Waals surface area contributed by atoms with Gasteiger partial charge in [-0.05, 0) is 56.9 Å². The predicted molar refractivity (Wildman–Crippen MR) is 128 cm³/mol. The van der Waals surface area contributed by atoms with E-state index in [1.165, 1.54) is 4.90 Å². The van der Waals surface area contributed by atoms with E-state index in [2.05, 4.69) is 0 Å². The van der Waals surface area contributed by atoms with Gasteiger partial charge in [0.05, 0.1) is 23.5 Å². The van der Waals surface area contributed by atoms with Gasteiger partial charge in [0.2, 0.25) is 0 Å². The van der Waals surface area contributed by atoms with Crippen molar-refractivity contribution in [2.45, 2.75) is 56.8 Å². The molecule has 3 aliphatic heterocycles. The van der Waals surface area contributed by atoms with Crippen molar-refractivity contribution in [3.63, 3.8) is 0 Å². The van der Waals surface area contributed by atoms with Gasteiger partial charge in [0.15, 0.2) is 6.04 Å². The number of piperazine rings is 1. The van der Waals surface area contributed by atoms with Crippen LogP contribution in [0.2, 0.25) is 0 Å². The molecule has 2 bridgehead atoms. The van der Waals surface area contributed by atoms with Crippen molar-refractivity contribution in [1.82, 2.24) is 14.7 Å². The van der Waals surface area contributed by atoms with E-state index in [1.54, 1.807) is 9.80 Å². The number of hydrogen-bond donors (Lipinski definition) is 1. The van der Waals surface area contributed by atoms with Crippen LogP contribution in [0.4, 0.5) is 21.0 Å². The maximum absolute atomic E-state index is 14.0. The predicted octanol–water partition coefficient (Wildman–Crippen LogP) is 4.15. The van der Waals surface area contributed by atoms with Crippen molar-refractivity contribution in [3.05, 3.63) is 60.7 Å². The van der Waals surface area contributed by atoms with Gasteiger partial charge in [-0.1, -0.05) is 36.4 Å². The van der Waals surface area contributed by atoms with E-state index >= 15 is 0 Å². The summed E-state index contributed by atoms with van der Waals surface area (Å²) in [5, 5.41) is 10.3. The first kappa shape index (κ1) is 22.3. The number of carbonyl (C=O) groups is 3. The lowest BCUT2D eigenvalue weighted by Crippen LogP contribution is -2.67. The van der Waals surface area contributed by atoms with Crippen LogP contribution in [0, 0.1) is 0 Å². The molecule has 0 radical (unpaired) electrons. The molecule has 0 aromatic heterocycles. The Balaban J connectivity index is 1.48. The largest absolute Gasteiger partial charge is 0.480 e. The van der Waals surface area contributed by atoms with Gasteiger partial charge in [-0.15, -0.1) is 0 Å². The fourth-order valence-corrected chi connectivity index (χ4v) is 5.76. The van der Waals surface area contributed by atoms with Crippen LogP contribution in [-0.4, -0.2) is 75.1 Å². The summed E-state index contributed by atoms with van der Waals surface area (Å²) in [6, 6.07) is 16.4. The van der Waals surface area contributed by atoms with Crippen molar-refractivity contribution in [2.24, 2.45) is 0 Å². The van der Waals surface area contributed by atoms with E-state index in [1.807, 2.05) is 72.5 Å². The number of carboxylic acids is 1. The average molecular weight is 463 g/mol. The number of aliphatic carboxylic acids is 1. The monoisotopic (exact) mass is 462 g/mol. The van der Waals surface area contributed by atoms with E-state index in [0.717, 1.165) is 12.8 Å². The van der Waals surface area contributed by atoms with Gasteiger partial charge in [-0.3, -0.25) is 4.90 Å². The van der Waals surface area contributed by atoms with Crippen LogP contribution in [0.5, 0.6) is 0 Å². The lowest BCUT2D eigenvalue weighted by atomic mass is 10.0. The molecule has 1 N–H and O–H groups in total. The minimum Gasteiger partial charge on any atom is -0.480 e. The zero-order chi connectivity index (χ0) is 23.8. The first-order chi connectivity index (χ1) is 16.5. The molecule has 3 aliphatic rings. The first-order valence-corrected chi connectivity index (χ1v) is 12.0. The molecule has 0 spiro atoms. The molecule has 3 saturated heterocycles. The molecule has 3 fully saturated rings. The van der Waals surface area contributed by atoms with Crippen LogP contribution in [0.15, 0.2) is 60.7 Å². The fourth-order valence-electron chi connectivity index (χ4n) is 5.76. The Labute approximate surface area is 199 Å². The molecule has 5 rings (SSSR count). The van der Waals surface area contributed by atoms with E-state index in [0.29, 0.717) is 30.8 Å². The molecule has 8 heteroatoms. The summed E-state index contributed by atoms with van der Waals surface area (Å²) in [5.74, 6) is -1.08. The number of nitrogens with zero attached hydrogens (tertiary/aromatic N) is 4. The number of hydrogen-bond acceptors (Lipinski definition) is 3. The molecule has 0 saturated carbocycles. The SMILES string of the molecule is C[C@@H]1CCCN1C(=O)N1[C@H]2CC[C@@H]1[C@@H](C(=O)O)N(C(=O)N(c1ccccc1)c1ccccc1)C2. The summed E-state index contributed by atoms with van der Waals surface area (Å²) in [7, 11) is 0. The highest BCUT2D eigenvalue weighted by atomic mass is 16.4. The Kier molecular flexibility index (Phi) is 5.89. The van der Waals surface area contributed by atoms with Gasteiger partial charge in [0.1, 0.15) is 0 Å². The Bertz CT molecular complexity index is 1020. The van der Waals surface area contributed by atoms with Crippen LogP contribution in [0.25, 0.3) is 0 Å². The van der Waals surface area contributed by atoms with E-state index in [4.69, 9.17) is 0 Å². The van der Waals surface area contributed by atoms with Crippen molar-refractivity contribution >= 4 is 29.4 Å². The summed E-state index contributed by atoms with van der Waals surface area (Å²) in [5.41, 5.74) is 1.33. The second kappa shape index (κ2) is 9.00. The van der Waals surface area contributed by atoms with Crippen LogP contribution < -0.4 is 4.90 Å². The van der Waals surface area contributed by atoms with E-state index < -0.39 is 18.1 Å². The number of likely N-dealkylation sites (tertiary alicyclic amines) is 2. The quantitative estimate of drug-likeness (QED) is 0.743. The van der Waals surface area contributed by atoms with Crippen molar-refractivity contribution in [3.8, 4) is 0 Å². The molecule has 3 heterocycles. The maximum Gasteiger partial charge on any atom is 0.329 e. The molecule has 4 atom stereocenters. The fraction of sp³-hybridized carbons (Fsp3) is 0.423. The zero-order valence-electron chi connectivity index (χ0n) is 19.3. The molecule has 8 nitrogen and oxygen atoms in total. The highest BCUT2D eigenvalue weighted by Gasteiger charge is 2.54. The Morgan fingerprint density at radius 1 is 0.882 bits per heavy atom. The number of urea groups is 2. The average Bonchev–Trinajstić information content (AvgIpc) is 3.41. The summed E-state index contributed by atoms with van der Waals surface area (Å²) in [6.07, 6.45) is 3.20. The van der Waals surface area contributed by atoms with Crippen LogP contribution >= 0.6 is 0 Å². The lowest BCUT2D eigenvalue weighted by molar-refractivity contribution is -0.145. The third-order valence-electron chi connectivity index (χ3n) is 7.39. The van der Waals surface area contributed by atoms with Crippen LogP contribution in [0.3, 0.4) is 0 Å². The minimum atomic E-state index is -1.09. The highest BCUT2D eigenvalue weighted by Crippen LogP contribution is 2.38. The van der Waals surface area contributed by atoms with Gasteiger partial charge < -0.3 is 19.8 Å². The molecule has 2 aromatic rings. The number of carboxylic acid groups (broad SMARTS) is 1. The second-order valence-corrected chi connectivity index (χ2v) is 9.40. The number of para-hydroxylation sites is 2. The summed E-state index contributed by atoms with van der Waals surface area (Å²) in [4.78, 5) is 46.6. The third kappa shape index (κ3) is 3.77. The number of benzene rings is 2. The molecular formula is C26H30N4O4. The third-order valence-corrected chi connectivity index (χ3v) is 7.39.